The van der Waals surface area contributed by atoms with E-state index in [2.05, 4.69) is 65.0 Å². The fourth-order valence-electron chi connectivity index (χ4n) is 4.22. The Kier molecular flexibility index (Phi) is 11.3. The van der Waals surface area contributed by atoms with Crippen molar-refractivity contribution in [2.24, 2.45) is 4.99 Å². The van der Waals surface area contributed by atoms with Gasteiger partial charge in [0.25, 0.3) is 0 Å². The number of guanidine groups is 1. The highest BCUT2D eigenvalue weighted by molar-refractivity contribution is 14.0. The van der Waals surface area contributed by atoms with E-state index in [0.717, 1.165) is 68.6 Å². The summed E-state index contributed by atoms with van der Waals surface area (Å²) in [6.45, 7) is 7.89. The van der Waals surface area contributed by atoms with Crippen molar-refractivity contribution in [3.8, 4) is 11.5 Å². The van der Waals surface area contributed by atoms with Crippen LogP contribution in [-0.2, 0) is 16.6 Å². The average Bonchev–Trinajstić information content (AvgIpc) is 2.83. The minimum absolute atomic E-state index is 0. The summed E-state index contributed by atoms with van der Waals surface area (Å²) in [5.41, 5.74) is 3.73. The minimum Gasteiger partial charge on any atom is -0.496 e. The van der Waals surface area contributed by atoms with E-state index in [-0.39, 0.29) is 29.4 Å². The molecule has 33 heavy (non-hydrogen) atoms. The van der Waals surface area contributed by atoms with E-state index in [4.69, 9.17) is 14.2 Å². The lowest BCUT2D eigenvalue weighted by Crippen LogP contribution is -2.48. The molecule has 0 amide bonds. The van der Waals surface area contributed by atoms with Gasteiger partial charge in [0.15, 0.2) is 5.96 Å². The van der Waals surface area contributed by atoms with Crippen LogP contribution in [0.5, 0.6) is 11.5 Å². The van der Waals surface area contributed by atoms with Gasteiger partial charge >= 0.3 is 0 Å². The molecular weight excluding hydrogens is 529 g/mol. The van der Waals surface area contributed by atoms with Crippen LogP contribution >= 0.6 is 24.0 Å². The van der Waals surface area contributed by atoms with E-state index in [0.29, 0.717) is 6.61 Å². The van der Waals surface area contributed by atoms with Crippen LogP contribution in [0.3, 0.4) is 0 Å². The number of hydrogen-bond donors (Lipinski definition) is 2. The molecule has 0 radical (unpaired) electrons. The van der Waals surface area contributed by atoms with Gasteiger partial charge in [-0.05, 0) is 68.0 Å². The third kappa shape index (κ3) is 7.50. The minimum atomic E-state index is 0. The number of methoxy groups -OCH3 is 1. The first-order valence-corrected chi connectivity index (χ1v) is 11.5. The van der Waals surface area contributed by atoms with Crippen LogP contribution in [0.1, 0.15) is 36.5 Å². The van der Waals surface area contributed by atoms with Crippen molar-refractivity contribution in [1.29, 1.82) is 0 Å². The predicted octanol–water partition coefficient (Wildman–Crippen LogP) is 4.48. The van der Waals surface area contributed by atoms with Crippen LogP contribution in [0.2, 0.25) is 0 Å². The summed E-state index contributed by atoms with van der Waals surface area (Å²) in [6.07, 6.45) is 2.86. The second-order valence-electron chi connectivity index (χ2n) is 8.26. The second-order valence-corrected chi connectivity index (χ2v) is 8.26. The number of rotatable bonds is 9. The molecule has 0 atom stereocenters. The number of halogens is 1. The Morgan fingerprint density at radius 1 is 1.09 bits per heavy atom. The number of nitrogens with one attached hydrogen (secondary N) is 2. The quantitative estimate of drug-likeness (QED) is 0.266. The second kappa shape index (κ2) is 13.6. The van der Waals surface area contributed by atoms with E-state index in [9.17, 15) is 0 Å². The zero-order valence-electron chi connectivity index (χ0n) is 20.3. The number of nitrogens with zero attached hydrogens (tertiary/aromatic N) is 1. The highest BCUT2D eigenvalue weighted by Gasteiger charge is 2.34. The summed E-state index contributed by atoms with van der Waals surface area (Å²) >= 11 is 0. The Hall–Kier alpha value is -2.00. The van der Waals surface area contributed by atoms with Gasteiger partial charge in [-0.1, -0.05) is 24.3 Å². The van der Waals surface area contributed by atoms with Gasteiger partial charge in [0.1, 0.15) is 11.5 Å². The number of hydrogen-bond acceptors (Lipinski definition) is 4. The third-order valence-electron chi connectivity index (χ3n) is 6.22. The van der Waals surface area contributed by atoms with Crippen LogP contribution < -0.4 is 20.1 Å². The summed E-state index contributed by atoms with van der Waals surface area (Å²) in [7, 11) is 3.53. The molecule has 0 aromatic heterocycles. The largest absolute Gasteiger partial charge is 0.496 e. The zero-order chi connectivity index (χ0) is 22.8. The van der Waals surface area contributed by atoms with Gasteiger partial charge in [-0.15, -0.1) is 24.0 Å². The van der Waals surface area contributed by atoms with E-state index in [1.165, 1.54) is 11.1 Å². The standard InChI is InChI=1S/C26H37N3O3.HI/c1-5-32-23-10-8-22(9-11-23)26(13-16-31-17-14-26)19-29-25(27-3)28-15-12-21-7-6-20(2)24(18-21)30-4;/h6-11,18H,5,12-17,19H2,1-4H3,(H2,27,28,29);1H. The van der Waals surface area contributed by atoms with Gasteiger partial charge in [-0.2, -0.15) is 0 Å². The van der Waals surface area contributed by atoms with Crippen LogP contribution in [-0.4, -0.2) is 53.0 Å². The predicted molar refractivity (Wildman–Crippen MR) is 146 cm³/mol. The molecular formula is C26H38IN3O3. The summed E-state index contributed by atoms with van der Waals surface area (Å²) < 4.78 is 16.7. The van der Waals surface area contributed by atoms with Gasteiger partial charge in [0.05, 0.1) is 13.7 Å². The monoisotopic (exact) mass is 567 g/mol. The van der Waals surface area contributed by atoms with Crippen molar-refractivity contribution >= 4 is 29.9 Å². The number of ether oxygens (including phenoxy) is 3. The molecule has 0 spiro atoms. The van der Waals surface area contributed by atoms with Crippen molar-refractivity contribution in [2.75, 3.05) is 47.1 Å². The summed E-state index contributed by atoms with van der Waals surface area (Å²) in [5.74, 6) is 2.67. The number of benzene rings is 2. The topological polar surface area (TPSA) is 64.1 Å². The molecule has 6 nitrogen and oxygen atoms in total. The Bertz CT molecular complexity index is 881. The zero-order valence-corrected chi connectivity index (χ0v) is 22.6. The molecule has 182 valence electrons. The third-order valence-corrected chi connectivity index (χ3v) is 6.22. The molecule has 2 aromatic rings. The molecule has 0 saturated carbocycles. The molecule has 0 bridgehead atoms. The van der Waals surface area contributed by atoms with E-state index >= 15 is 0 Å². The fourth-order valence-corrected chi connectivity index (χ4v) is 4.22. The summed E-state index contributed by atoms with van der Waals surface area (Å²) in [4.78, 5) is 4.43. The first-order valence-electron chi connectivity index (χ1n) is 11.5. The van der Waals surface area contributed by atoms with Gasteiger partial charge in [0, 0.05) is 38.8 Å². The number of aliphatic imine (C=N–C) groups is 1. The van der Waals surface area contributed by atoms with Crippen molar-refractivity contribution in [3.05, 3.63) is 59.2 Å². The van der Waals surface area contributed by atoms with Crippen molar-refractivity contribution in [1.82, 2.24) is 10.6 Å². The molecule has 7 heteroatoms. The molecule has 2 N–H and O–H groups in total. The average molecular weight is 568 g/mol. The molecule has 2 aromatic carbocycles. The Balaban J connectivity index is 0.00000385. The maximum absolute atomic E-state index is 5.67. The van der Waals surface area contributed by atoms with Gasteiger partial charge < -0.3 is 24.8 Å². The summed E-state index contributed by atoms with van der Waals surface area (Å²) in [5, 5.41) is 7.01. The lowest BCUT2D eigenvalue weighted by atomic mass is 9.74. The maximum atomic E-state index is 5.67. The molecule has 1 saturated heterocycles. The molecule has 1 heterocycles. The number of aryl methyl sites for hydroxylation is 1. The van der Waals surface area contributed by atoms with Gasteiger partial charge in [0.2, 0.25) is 0 Å². The van der Waals surface area contributed by atoms with Crippen molar-refractivity contribution in [2.45, 2.75) is 38.5 Å². The molecule has 0 aliphatic carbocycles. The summed E-state index contributed by atoms with van der Waals surface area (Å²) in [6, 6.07) is 14.9. The SMILES string of the molecule is CCOc1ccc(C2(CNC(=NC)NCCc3ccc(C)c(OC)c3)CCOCC2)cc1.I. The van der Waals surface area contributed by atoms with Crippen LogP contribution in [0, 0.1) is 6.92 Å². The van der Waals surface area contributed by atoms with Crippen LogP contribution in [0.25, 0.3) is 0 Å². The van der Waals surface area contributed by atoms with E-state index < -0.39 is 0 Å². The van der Waals surface area contributed by atoms with Crippen molar-refractivity contribution in [3.63, 3.8) is 0 Å². The molecule has 1 fully saturated rings. The fraction of sp³-hybridized carbons (Fsp3) is 0.500. The Morgan fingerprint density at radius 3 is 2.45 bits per heavy atom. The lowest BCUT2D eigenvalue weighted by molar-refractivity contribution is 0.0513. The van der Waals surface area contributed by atoms with Crippen LogP contribution in [0.4, 0.5) is 0 Å². The smallest absolute Gasteiger partial charge is 0.191 e. The van der Waals surface area contributed by atoms with Crippen LogP contribution in [0.15, 0.2) is 47.5 Å². The first kappa shape index (κ1) is 27.2. The van der Waals surface area contributed by atoms with Crippen molar-refractivity contribution < 1.29 is 14.2 Å². The molecule has 1 aliphatic heterocycles. The van der Waals surface area contributed by atoms with E-state index in [1.54, 1.807) is 7.11 Å². The molecule has 0 unspecified atom stereocenters. The van der Waals surface area contributed by atoms with E-state index in [1.807, 2.05) is 14.0 Å². The molecule has 3 rings (SSSR count). The Labute approximate surface area is 215 Å². The first-order chi connectivity index (χ1) is 15.6. The molecule has 1 aliphatic rings. The Morgan fingerprint density at radius 2 is 1.82 bits per heavy atom. The lowest BCUT2D eigenvalue weighted by Gasteiger charge is -2.38. The highest BCUT2D eigenvalue weighted by atomic mass is 127. The van der Waals surface area contributed by atoms with Gasteiger partial charge in [-0.3, -0.25) is 4.99 Å². The normalized spacial score (nSPS) is 15.3. The maximum Gasteiger partial charge on any atom is 0.191 e. The van der Waals surface area contributed by atoms with Gasteiger partial charge in [-0.25, -0.2) is 0 Å². The highest BCUT2D eigenvalue weighted by Crippen LogP contribution is 2.35.